The zero-order valence-electron chi connectivity index (χ0n) is 4.77. The van der Waals surface area contributed by atoms with E-state index < -0.39 is 0 Å². The molecule has 0 aromatic heterocycles. The van der Waals surface area contributed by atoms with Gasteiger partial charge < -0.3 is 0 Å². The summed E-state index contributed by atoms with van der Waals surface area (Å²) in [4.78, 5) is 1.50. The summed E-state index contributed by atoms with van der Waals surface area (Å²) in [6.45, 7) is 2.37. The van der Waals surface area contributed by atoms with Crippen LogP contribution in [0.4, 0.5) is 0 Å². The third-order valence-corrected chi connectivity index (χ3v) is 7.03. The van der Waals surface area contributed by atoms with Gasteiger partial charge in [-0.05, 0) is 19.0 Å². The van der Waals surface area contributed by atoms with E-state index in [1.165, 1.54) is 12.3 Å². The lowest BCUT2D eigenvalue weighted by Gasteiger charge is -2.00. The van der Waals surface area contributed by atoms with Gasteiger partial charge in [-0.2, -0.15) is 0 Å². The van der Waals surface area contributed by atoms with Gasteiger partial charge in [-0.15, -0.1) is 7.92 Å². The van der Waals surface area contributed by atoms with E-state index >= 15 is 0 Å². The minimum absolute atomic E-state index is 0.363. The van der Waals surface area contributed by atoms with Crippen LogP contribution >= 0.6 is 39.8 Å². The van der Waals surface area contributed by atoms with Crippen molar-refractivity contribution in [1.29, 1.82) is 0 Å². The van der Waals surface area contributed by atoms with Crippen LogP contribution in [0.5, 0.6) is 0 Å². The Balaban J connectivity index is 2.39. The predicted molar refractivity (Wildman–Crippen MR) is 48.0 cm³/mol. The van der Waals surface area contributed by atoms with E-state index in [0.717, 1.165) is 9.65 Å². The van der Waals surface area contributed by atoms with Crippen molar-refractivity contribution >= 4 is 39.8 Å². The molecule has 0 aromatic carbocycles. The number of hydrogen-bond donors (Lipinski definition) is 0. The van der Waals surface area contributed by atoms with E-state index in [1.807, 2.05) is 0 Å². The standard InChI is InChI=1S/C5H9Br2P/c1-8-2-4(6)5(7)3-8/h4-5H,2-3H2,1H3/t4-,5-/m0/s1. The maximum atomic E-state index is 3.61. The smallest absolute Gasteiger partial charge is 0.0313 e. The fourth-order valence-electron chi connectivity index (χ4n) is 0.899. The van der Waals surface area contributed by atoms with Crippen molar-refractivity contribution in [2.24, 2.45) is 0 Å². The molecular weight excluding hydrogens is 251 g/mol. The zero-order chi connectivity index (χ0) is 6.15. The molecule has 0 radical (unpaired) electrons. The molecule has 0 unspecified atom stereocenters. The van der Waals surface area contributed by atoms with Crippen LogP contribution in [0.15, 0.2) is 0 Å². The molecule has 2 atom stereocenters. The molecule has 0 bridgehead atoms. The molecule has 1 fully saturated rings. The van der Waals surface area contributed by atoms with Gasteiger partial charge in [0.2, 0.25) is 0 Å². The van der Waals surface area contributed by atoms with E-state index in [-0.39, 0.29) is 0 Å². The average molecular weight is 260 g/mol. The summed E-state index contributed by atoms with van der Waals surface area (Å²) < 4.78 is 0. The molecule has 48 valence electrons. The van der Waals surface area contributed by atoms with E-state index in [1.54, 1.807) is 0 Å². The molecule has 0 spiro atoms. The van der Waals surface area contributed by atoms with Crippen LogP contribution in [0.25, 0.3) is 0 Å². The van der Waals surface area contributed by atoms with Crippen LogP contribution in [0, 0.1) is 0 Å². The SMILES string of the molecule is CP1C[C@H](Br)[C@@H](Br)C1. The first-order chi connectivity index (χ1) is 3.70. The Bertz CT molecular complexity index is 76.5. The average Bonchev–Trinajstić information content (AvgIpc) is 1.85. The maximum Gasteiger partial charge on any atom is 0.0313 e. The minimum Gasteiger partial charge on any atom is -0.108 e. The molecule has 3 heteroatoms. The molecule has 8 heavy (non-hydrogen) atoms. The Morgan fingerprint density at radius 1 is 1.25 bits per heavy atom. The Morgan fingerprint density at radius 2 is 1.62 bits per heavy atom. The van der Waals surface area contributed by atoms with Crippen LogP contribution in [-0.4, -0.2) is 28.6 Å². The van der Waals surface area contributed by atoms with E-state index in [9.17, 15) is 0 Å². The lowest BCUT2D eigenvalue weighted by atomic mass is 10.4. The fourth-order valence-corrected chi connectivity index (χ4v) is 6.67. The monoisotopic (exact) mass is 258 g/mol. The van der Waals surface area contributed by atoms with Gasteiger partial charge >= 0.3 is 0 Å². The molecule has 1 rings (SSSR count). The molecule has 0 N–H and O–H groups in total. The highest BCUT2D eigenvalue weighted by atomic mass is 79.9. The lowest BCUT2D eigenvalue weighted by molar-refractivity contribution is 1.03. The second-order valence-electron chi connectivity index (χ2n) is 2.25. The largest absolute Gasteiger partial charge is 0.108 e. The van der Waals surface area contributed by atoms with Crippen LogP contribution in [0.1, 0.15) is 0 Å². The summed E-state index contributed by atoms with van der Waals surface area (Å²) in [6.07, 6.45) is 2.79. The molecule has 0 saturated carbocycles. The lowest BCUT2D eigenvalue weighted by Crippen LogP contribution is -2.08. The molecule has 1 aliphatic heterocycles. The Hall–Kier alpha value is 1.39. The molecule has 0 amide bonds. The first kappa shape index (κ1) is 7.50. The third-order valence-electron chi connectivity index (χ3n) is 1.36. The Labute approximate surface area is 68.4 Å². The molecule has 1 heterocycles. The highest BCUT2D eigenvalue weighted by Crippen LogP contribution is 2.45. The van der Waals surface area contributed by atoms with Gasteiger partial charge in [0.1, 0.15) is 0 Å². The summed E-state index contributed by atoms with van der Waals surface area (Å²) in [7, 11) is 0.363. The highest BCUT2D eigenvalue weighted by molar-refractivity contribution is 9.12. The second-order valence-corrected chi connectivity index (χ2v) is 7.05. The zero-order valence-corrected chi connectivity index (χ0v) is 8.84. The summed E-state index contributed by atoms with van der Waals surface area (Å²) in [5.74, 6) is 0. The quantitative estimate of drug-likeness (QED) is 0.464. The van der Waals surface area contributed by atoms with Crippen molar-refractivity contribution < 1.29 is 0 Å². The second kappa shape index (κ2) is 2.98. The normalized spacial score (nSPS) is 40.9. The topological polar surface area (TPSA) is 0 Å². The van der Waals surface area contributed by atoms with Crippen molar-refractivity contribution in [3.8, 4) is 0 Å². The number of halogens is 2. The number of alkyl halides is 2. The van der Waals surface area contributed by atoms with E-state index in [4.69, 9.17) is 0 Å². The van der Waals surface area contributed by atoms with Gasteiger partial charge in [-0.1, -0.05) is 31.9 Å². The molecular formula is C5H9Br2P. The summed E-state index contributed by atoms with van der Waals surface area (Å²) in [5, 5.41) is 0. The number of rotatable bonds is 0. The molecule has 1 aliphatic rings. The van der Waals surface area contributed by atoms with Crippen molar-refractivity contribution in [2.45, 2.75) is 9.65 Å². The fraction of sp³-hybridized carbons (Fsp3) is 1.00. The molecule has 0 aliphatic carbocycles. The molecule has 0 aromatic rings. The summed E-state index contributed by atoms with van der Waals surface area (Å²) >= 11 is 7.23. The van der Waals surface area contributed by atoms with E-state index in [0.29, 0.717) is 7.92 Å². The molecule has 1 saturated heterocycles. The van der Waals surface area contributed by atoms with Crippen LogP contribution in [-0.2, 0) is 0 Å². The predicted octanol–water partition coefficient (Wildman–Crippen LogP) is 2.64. The van der Waals surface area contributed by atoms with Gasteiger partial charge in [-0.25, -0.2) is 0 Å². The van der Waals surface area contributed by atoms with Gasteiger partial charge in [0.25, 0.3) is 0 Å². The maximum absolute atomic E-state index is 3.61. The van der Waals surface area contributed by atoms with Gasteiger partial charge in [0.15, 0.2) is 0 Å². The number of hydrogen-bond acceptors (Lipinski definition) is 0. The van der Waals surface area contributed by atoms with E-state index in [2.05, 4.69) is 38.5 Å². The Morgan fingerprint density at radius 3 is 1.75 bits per heavy atom. The van der Waals surface area contributed by atoms with Crippen LogP contribution in [0.3, 0.4) is 0 Å². The van der Waals surface area contributed by atoms with Crippen molar-refractivity contribution in [1.82, 2.24) is 0 Å². The highest BCUT2D eigenvalue weighted by Gasteiger charge is 2.26. The first-order valence-electron chi connectivity index (χ1n) is 2.67. The minimum atomic E-state index is 0.363. The first-order valence-corrected chi connectivity index (χ1v) is 6.66. The van der Waals surface area contributed by atoms with Crippen molar-refractivity contribution in [2.75, 3.05) is 19.0 Å². The third kappa shape index (κ3) is 1.68. The van der Waals surface area contributed by atoms with Gasteiger partial charge in [-0.3, -0.25) is 0 Å². The van der Waals surface area contributed by atoms with Gasteiger partial charge in [0, 0.05) is 9.65 Å². The van der Waals surface area contributed by atoms with Crippen molar-refractivity contribution in [3.63, 3.8) is 0 Å². The molecule has 0 nitrogen and oxygen atoms in total. The van der Waals surface area contributed by atoms with Crippen molar-refractivity contribution in [3.05, 3.63) is 0 Å². The van der Waals surface area contributed by atoms with Crippen LogP contribution < -0.4 is 0 Å². The van der Waals surface area contributed by atoms with Crippen LogP contribution in [0.2, 0.25) is 0 Å². The Kier molecular flexibility index (Phi) is 2.80. The summed E-state index contributed by atoms with van der Waals surface area (Å²) in [6, 6.07) is 0. The summed E-state index contributed by atoms with van der Waals surface area (Å²) in [5.41, 5.74) is 0. The van der Waals surface area contributed by atoms with Gasteiger partial charge in [0.05, 0.1) is 0 Å².